The Morgan fingerprint density at radius 1 is 0.373 bits per heavy atom. The van der Waals surface area contributed by atoms with Crippen LogP contribution in [0.1, 0.15) is 0 Å². The van der Waals surface area contributed by atoms with Gasteiger partial charge in [0.1, 0.15) is 11.2 Å². The van der Waals surface area contributed by atoms with Crippen molar-refractivity contribution >= 4 is 85.1 Å². The summed E-state index contributed by atoms with van der Waals surface area (Å²) >= 11 is 3.60. The average molecular weight is 687 g/mol. The Labute approximate surface area is 300 Å². The molecule has 4 aromatic heterocycles. The van der Waals surface area contributed by atoms with E-state index in [0.29, 0.717) is 0 Å². The first-order valence-corrected chi connectivity index (χ1v) is 18.6. The van der Waals surface area contributed by atoms with E-state index < -0.39 is 0 Å². The Balaban J connectivity index is 1.09. The van der Waals surface area contributed by atoms with Crippen LogP contribution in [-0.2, 0) is 0 Å². The fraction of sp³-hybridized carbons (Fsp3) is 0. The van der Waals surface area contributed by atoms with Crippen LogP contribution in [0.3, 0.4) is 0 Å². The molecule has 0 amide bonds. The van der Waals surface area contributed by atoms with Crippen molar-refractivity contribution in [3.63, 3.8) is 0 Å². The monoisotopic (exact) mass is 686 g/mol. The highest BCUT2D eigenvalue weighted by Gasteiger charge is 2.18. The van der Waals surface area contributed by atoms with Crippen molar-refractivity contribution in [3.05, 3.63) is 158 Å². The van der Waals surface area contributed by atoms with E-state index in [9.17, 15) is 0 Å². The predicted octanol–water partition coefficient (Wildman–Crippen LogP) is 13.8. The standard InChI is InChI=1S/C46H26N2OS2/c1-3-9-27(10-4-1)29-16-21-42-37(25-29)44-45(51-42)43(28-11-5-2-6-12-28)47-46(48-44)32-18-22-41-36(26-32)35-24-31(17-20-40(35)50-41)30-15-19-39-34(23-30)33-13-7-8-14-38(33)49-39/h1-26H. The topological polar surface area (TPSA) is 38.9 Å². The van der Waals surface area contributed by atoms with Crippen molar-refractivity contribution in [2.75, 3.05) is 0 Å². The third-order valence-corrected chi connectivity index (χ3v) is 12.2. The lowest BCUT2D eigenvalue weighted by molar-refractivity contribution is 0.669. The molecule has 0 spiro atoms. The van der Waals surface area contributed by atoms with Crippen LogP contribution in [0.5, 0.6) is 0 Å². The Bertz CT molecular complexity index is 3140. The van der Waals surface area contributed by atoms with E-state index in [0.717, 1.165) is 60.2 Å². The van der Waals surface area contributed by atoms with Crippen molar-refractivity contribution in [3.8, 4) is 44.9 Å². The van der Waals surface area contributed by atoms with E-state index in [1.165, 1.54) is 47.1 Å². The van der Waals surface area contributed by atoms with Crippen LogP contribution in [0, 0.1) is 0 Å². The molecule has 7 aromatic carbocycles. The van der Waals surface area contributed by atoms with Gasteiger partial charge in [-0.25, -0.2) is 9.97 Å². The number of aromatic nitrogens is 2. The quantitative estimate of drug-likeness (QED) is 0.185. The predicted molar refractivity (Wildman–Crippen MR) is 217 cm³/mol. The molecule has 0 saturated heterocycles. The third kappa shape index (κ3) is 4.63. The van der Waals surface area contributed by atoms with Gasteiger partial charge in [-0.05, 0) is 82.9 Å². The van der Waals surface area contributed by atoms with Crippen molar-refractivity contribution in [1.82, 2.24) is 9.97 Å². The number of nitrogens with zero attached hydrogens (tertiary/aromatic N) is 2. The van der Waals surface area contributed by atoms with Gasteiger partial charge >= 0.3 is 0 Å². The number of benzene rings is 7. The zero-order valence-electron chi connectivity index (χ0n) is 27.1. The van der Waals surface area contributed by atoms with Crippen LogP contribution in [0.15, 0.2) is 162 Å². The molecule has 5 heteroatoms. The summed E-state index contributed by atoms with van der Waals surface area (Å²) in [7, 11) is 0. The average Bonchev–Trinajstić information content (AvgIpc) is 3.88. The Morgan fingerprint density at radius 3 is 1.69 bits per heavy atom. The second-order valence-corrected chi connectivity index (χ2v) is 15.1. The molecule has 0 aliphatic heterocycles. The molecule has 0 bridgehead atoms. The fourth-order valence-corrected chi connectivity index (χ4v) is 9.58. The van der Waals surface area contributed by atoms with Gasteiger partial charge in [0.15, 0.2) is 5.82 Å². The van der Waals surface area contributed by atoms with Crippen LogP contribution >= 0.6 is 22.7 Å². The minimum atomic E-state index is 0.737. The van der Waals surface area contributed by atoms with Gasteiger partial charge in [0.2, 0.25) is 0 Å². The van der Waals surface area contributed by atoms with Crippen LogP contribution in [0.25, 0.3) is 107 Å². The first-order chi connectivity index (χ1) is 25.2. The molecule has 0 saturated carbocycles. The van der Waals surface area contributed by atoms with E-state index in [4.69, 9.17) is 14.4 Å². The highest BCUT2D eigenvalue weighted by atomic mass is 32.1. The number of para-hydroxylation sites is 1. The summed E-state index contributed by atoms with van der Waals surface area (Å²) in [6.45, 7) is 0. The summed E-state index contributed by atoms with van der Waals surface area (Å²) in [6.07, 6.45) is 0. The summed E-state index contributed by atoms with van der Waals surface area (Å²) in [5.74, 6) is 0.737. The molecule has 51 heavy (non-hydrogen) atoms. The van der Waals surface area contributed by atoms with Crippen molar-refractivity contribution in [1.29, 1.82) is 0 Å². The number of thiophene rings is 2. The number of rotatable bonds is 4. The van der Waals surface area contributed by atoms with Crippen LogP contribution < -0.4 is 0 Å². The summed E-state index contributed by atoms with van der Waals surface area (Å²) in [5.41, 5.74) is 10.6. The van der Waals surface area contributed by atoms with Gasteiger partial charge in [-0.3, -0.25) is 0 Å². The molecule has 4 heterocycles. The van der Waals surface area contributed by atoms with Crippen molar-refractivity contribution in [2.45, 2.75) is 0 Å². The Morgan fingerprint density at radius 2 is 0.922 bits per heavy atom. The number of furan rings is 1. The number of hydrogen-bond acceptors (Lipinski definition) is 5. The van der Waals surface area contributed by atoms with Crippen molar-refractivity contribution in [2.24, 2.45) is 0 Å². The van der Waals surface area contributed by atoms with E-state index >= 15 is 0 Å². The SMILES string of the molecule is c1ccc(-c2ccc3sc4c(-c5ccccc5)nc(-c5ccc6sc7ccc(-c8ccc9oc%10ccccc%10c9c8)cc7c6c5)nc4c3c2)cc1. The van der Waals surface area contributed by atoms with Crippen LogP contribution in [0.4, 0.5) is 0 Å². The smallest absolute Gasteiger partial charge is 0.160 e. The molecule has 11 rings (SSSR count). The van der Waals surface area contributed by atoms with Crippen LogP contribution in [-0.4, -0.2) is 9.97 Å². The number of hydrogen-bond donors (Lipinski definition) is 0. The maximum Gasteiger partial charge on any atom is 0.160 e. The highest BCUT2D eigenvalue weighted by Crippen LogP contribution is 2.43. The molecular weight excluding hydrogens is 661 g/mol. The molecule has 3 nitrogen and oxygen atoms in total. The van der Waals surface area contributed by atoms with E-state index in [2.05, 4.69) is 146 Å². The van der Waals surface area contributed by atoms with E-state index in [-0.39, 0.29) is 0 Å². The lowest BCUT2D eigenvalue weighted by atomic mass is 10.00. The van der Waals surface area contributed by atoms with Gasteiger partial charge in [-0.15, -0.1) is 22.7 Å². The third-order valence-electron chi connectivity index (χ3n) is 9.90. The maximum absolute atomic E-state index is 6.11. The van der Waals surface area contributed by atoms with Crippen molar-refractivity contribution < 1.29 is 4.42 Å². The highest BCUT2D eigenvalue weighted by molar-refractivity contribution is 7.26. The normalized spacial score (nSPS) is 11.9. The molecule has 11 aromatic rings. The summed E-state index contributed by atoms with van der Waals surface area (Å²) in [4.78, 5) is 10.6. The zero-order chi connectivity index (χ0) is 33.5. The molecule has 0 unspecified atom stereocenters. The molecule has 0 N–H and O–H groups in total. The van der Waals surface area contributed by atoms with Gasteiger partial charge in [-0.1, -0.05) is 97.1 Å². The number of fused-ring (bicyclic) bond motifs is 9. The molecule has 0 fully saturated rings. The Kier molecular flexibility index (Phi) is 6.29. The minimum absolute atomic E-state index is 0.737. The summed E-state index contributed by atoms with van der Waals surface area (Å²) in [6, 6.07) is 56.1. The van der Waals surface area contributed by atoms with Gasteiger partial charge in [0.25, 0.3) is 0 Å². The summed E-state index contributed by atoms with van der Waals surface area (Å²) < 4.78 is 10.9. The molecular formula is C46H26N2OS2. The van der Waals surface area contributed by atoms with Gasteiger partial charge < -0.3 is 4.42 Å². The second-order valence-electron chi connectivity index (χ2n) is 13.0. The molecule has 238 valence electrons. The first-order valence-electron chi connectivity index (χ1n) is 17.0. The molecule has 0 radical (unpaired) electrons. The minimum Gasteiger partial charge on any atom is -0.456 e. The van der Waals surface area contributed by atoms with Gasteiger partial charge in [0.05, 0.1) is 15.9 Å². The second kappa shape index (κ2) is 11.2. The van der Waals surface area contributed by atoms with E-state index in [1.54, 1.807) is 11.3 Å². The van der Waals surface area contributed by atoms with Gasteiger partial charge in [-0.2, -0.15) is 0 Å². The van der Waals surface area contributed by atoms with Gasteiger partial charge in [0, 0.05) is 52.2 Å². The molecule has 0 aliphatic carbocycles. The zero-order valence-corrected chi connectivity index (χ0v) is 28.8. The lowest BCUT2D eigenvalue weighted by Gasteiger charge is -2.08. The molecule has 0 aliphatic rings. The summed E-state index contributed by atoms with van der Waals surface area (Å²) in [5, 5.41) is 5.90. The first kappa shape index (κ1) is 28.7. The lowest BCUT2D eigenvalue weighted by Crippen LogP contribution is -1.93. The maximum atomic E-state index is 6.11. The largest absolute Gasteiger partial charge is 0.456 e. The van der Waals surface area contributed by atoms with E-state index in [1.807, 2.05) is 23.5 Å². The fourth-order valence-electron chi connectivity index (χ4n) is 7.38. The molecule has 0 atom stereocenters. The van der Waals surface area contributed by atoms with Crippen LogP contribution in [0.2, 0.25) is 0 Å². The Hall–Kier alpha value is -6.14.